The summed E-state index contributed by atoms with van der Waals surface area (Å²) in [7, 11) is 0. The molecule has 0 aliphatic rings. The second-order valence-electron chi connectivity index (χ2n) is 7.68. The first-order valence-electron chi connectivity index (χ1n) is 11.4. The molecule has 0 aliphatic carbocycles. The van der Waals surface area contributed by atoms with E-state index in [1.807, 2.05) is 25.1 Å². The number of halogens is 1. The van der Waals surface area contributed by atoms with Crippen LogP contribution in [-0.4, -0.2) is 29.4 Å². The van der Waals surface area contributed by atoms with Crippen molar-refractivity contribution in [2.75, 3.05) is 12.4 Å². The molecular weight excluding hydrogens is 514 g/mol. The van der Waals surface area contributed by atoms with E-state index in [0.717, 1.165) is 16.0 Å². The number of hydrogen-bond acceptors (Lipinski definition) is 7. The lowest BCUT2D eigenvalue weighted by atomic mass is 10.1. The van der Waals surface area contributed by atoms with Gasteiger partial charge in [-0.25, -0.2) is 5.43 Å². The molecule has 8 nitrogen and oxygen atoms in total. The minimum absolute atomic E-state index is 0.0189. The molecule has 0 radical (unpaired) electrons. The van der Waals surface area contributed by atoms with Crippen LogP contribution in [0.1, 0.15) is 23.6 Å². The molecule has 0 bridgehead atoms. The highest BCUT2D eigenvalue weighted by atomic mass is 35.5. The Balaban J connectivity index is 1.68. The number of nitrogens with one attached hydrogen (secondary N) is 1. The summed E-state index contributed by atoms with van der Waals surface area (Å²) in [6.07, 6.45) is 3.81. The number of nitrogens with zero attached hydrogens (tertiary/aromatic N) is 2. The van der Waals surface area contributed by atoms with E-state index in [1.54, 1.807) is 42.6 Å². The van der Waals surface area contributed by atoms with Crippen LogP contribution in [0.4, 0.5) is 5.69 Å². The SMILES string of the molecule is C=CCc1cc(/C=N\NC(=O)CSc2ccc(Cl)cc2)cc(OCC)c1OCc1ccc([N+](=O)[O-])cc1. The Morgan fingerprint density at radius 3 is 2.54 bits per heavy atom. The standard InChI is InChI=1S/C27H26ClN3O5S/c1-3-5-21-14-20(16-29-30-26(32)18-37-24-12-8-22(28)9-13-24)15-25(35-4-2)27(21)36-17-19-6-10-23(11-7-19)31(33)34/h3,6-16H,1,4-5,17-18H2,2H3,(H,30,32)/b29-16-. The van der Waals surface area contributed by atoms with E-state index in [0.29, 0.717) is 35.1 Å². The fourth-order valence-electron chi connectivity index (χ4n) is 3.25. The minimum Gasteiger partial charge on any atom is -0.490 e. The van der Waals surface area contributed by atoms with Gasteiger partial charge in [-0.3, -0.25) is 14.9 Å². The highest BCUT2D eigenvalue weighted by molar-refractivity contribution is 8.00. The van der Waals surface area contributed by atoms with Crippen molar-refractivity contribution in [3.63, 3.8) is 0 Å². The molecular formula is C27H26ClN3O5S. The highest BCUT2D eigenvalue weighted by Gasteiger charge is 2.14. The Kier molecular flexibility index (Phi) is 10.5. The van der Waals surface area contributed by atoms with Gasteiger partial charge in [-0.2, -0.15) is 5.10 Å². The Labute approximate surface area is 224 Å². The van der Waals surface area contributed by atoms with Crippen LogP contribution in [0.3, 0.4) is 0 Å². The number of thioether (sulfide) groups is 1. The maximum Gasteiger partial charge on any atom is 0.269 e. The predicted octanol–water partition coefficient (Wildman–Crippen LogP) is 6.20. The molecule has 0 unspecified atom stereocenters. The molecule has 1 N–H and O–H groups in total. The smallest absolute Gasteiger partial charge is 0.269 e. The molecule has 3 aromatic rings. The maximum absolute atomic E-state index is 12.2. The van der Waals surface area contributed by atoms with Crippen LogP contribution in [0.2, 0.25) is 5.02 Å². The van der Waals surface area contributed by atoms with Crippen LogP contribution in [0, 0.1) is 10.1 Å². The van der Waals surface area contributed by atoms with Gasteiger partial charge in [0.15, 0.2) is 11.5 Å². The third kappa shape index (κ3) is 8.66. The van der Waals surface area contributed by atoms with Crippen molar-refractivity contribution >= 4 is 41.2 Å². The zero-order valence-electron chi connectivity index (χ0n) is 20.2. The van der Waals surface area contributed by atoms with Crippen molar-refractivity contribution in [1.29, 1.82) is 0 Å². The summed E-state index contributed by atoms with van der Waals surface area (Å²) in [5.74, 6) is 1.05. The van der Waals surface area contributed by atoms with Crippen molar-refractivity contribution in [3.8, 4) is 11.5 Å². The topological polar surface area (TPSA) is 103 Å². The van der Waals surface area contributed by atoms with E-state index < -0.39 is 4.92 Å². The van der Waals surface area contributed by atoms with Crippen LogP contribution in [0.25, 0.3) is 0 Å². The number of allylic oxidation sites excluding steroid dienone is 1. The molecule has 0 fully saturated rings. The second-order valence-corrected chi connectivity index (χ2v) is 9.17. The number of carbonyl (C=O) groups excluding carboxylic acids is 1. The molecule has 1 amide bonds. The number of benzene rings is 3. The molecule has 0 heterocycles. The van der Waals surface area contributed by atoms with Gasteiger partial charge in [0.05, 0.1) is 23.5 Å². The van der Waals surface area contributed by atoms with E-state index in [9.17, 15) is 14.9 Å². The number of ether oxygens (including phenoxy) is 2. The number of rotatable bonds is 13. The van der Waals surface area contributed by atoms with E-state index in [4.69, 9.17) is 21.1 Å². The third-order valence-electron chi connectivity index (χ3n) is 4.93. The first-order chi connectivity index (χ1) is 17.9. The summed E-state index contributed by atoms with van der Waals surface area (Å²) < 4.78 is 11.9. The van der Waals surface area contributed by atoms with E-state index in [1.165, 1.54) is 23.9 Å². The molecule has 0 atom stereocenters. The van der Waals surface area contributed by atoms with E-state index >= 15 is 0 Å². The average Bonchev–Trinajstić information content (AvgIpc) is 2.88. The van der Waals surface area contributed by atoms with Gasteiger partial charge in [0.2, 0.25) is 5.91 Å². The lowest BCUT2D eigenvalue weighted by Gasteiger charge is -2.16. The van der Waals surface area contributed by atoms with Gasteiger partial charge in [-0.1, -0.05) is 17.7 Å². The van der Waals surface area contributed by atoms with Crippen molar-refractivity contribution in [1.82, 2.24) is 5.43 Å². The van der Waals surface area contributed by atoms with Crippen LogP contribution < -0.4 is 14.9 Å². The average molecular weight is 540 g/mol. The van der Waals surface area contributed by atoms with Crippen molar-refractivity contribution < 1.29 is 19.2 Å². The predicted molar refractivity (Wildman–Crippen MR) is 147 cm³/mol. The Morgan fingerprint density at radius 2 is 1.89 bits per heavy atom. The summed E-state index contributed by atoms with van der Waals surface area (Å²) >= 11 is 7.27. The van der Waals surface area contributed by atoms with Crippen LogP contribution in [0.15, 0.2) is 83.3 Å². The molecule has 0 spiro atoms. The van der Waals surface area contributed by atoms with Gasteiger partial charge in [0, 0.05) is 27.6 Å². The van der Waals surface area contributed by atoms with Crippen molar-refractivity contribution in [2.24, 2.45) is 5.10 Å². The fourth-order valence-corrected chi connectivity index (χ4v) is 4.07. The largest absolute Gasteiger partial charge is 0.490 e. The zero-order valence-corrected chi connectivity index (χ0v) is 21.8. The number of non-ortho nitro benzene ring substituents is 1. The Bertz CT molecular complexity index is 1260. The normalized spacial score (nSPS) is 10.8. The zero-order chi connectivity index (χ0) is 26.6. The lowest BCUT2D eigenvalue weighted by molar-refractivity contribution is -0.384. The summed E-state index contributed by atoms with van der Waals surface area (Å²) in [4.78, 5) is 23.5. The second kappa shape index (κ2) is 14.1. The number of hydrazone groups is 1. The third-order valence-corrected chi connectivity index (χ3v) is 6.20. The van der Waals surface area contributed by atoms with Gasteiger partial charge < -0.3 is 9.47 Å². The first kappa shape index (κ1) is 27.8. The number of nitro benzene ring substituents is 1. The highest BCUT2D eigenvalue weighted by Crippen LogP contribution is 2.34. The molecule has 10 heteroatoms. The molecule has 0 aliphatic heterocycles. The summed E-state index contributed by atoms with van der Waals surface area (Å²) in [5, 5.41) is 15.6. The molecule has 0 saturated carbocycles. The van der Waals surface area contributed by atoms with Crippen LogP contribution >= 0.6 is 23.4 Å². The molecule has 3 rings (SSSR count). The Hall–Kier alpha value is -3.82. The van der Waals surface area contributed by atoms with Gasteiger partial charge in [0.25, 0.3) is 5.69 Å². The molecule has 0 aromatic heterocycles. The van der Waals surface area contributed by atoms with Crippen molar-refractivity contribution in [3.05, 3.63) is 105 Å². The number of amides is 1. The van der Waals surface area contributed by atoms with E-state index in [2.05, 4.69) is 17.1 Å². The first-order valence-corrected chi connectivity index (χ1v) is 12.7. The Morgan fingerprint density at radius 1 is 1.16 bits per heavy atom. The molecule has 37 heavy (non-hydrogen) atoms. The van der Waals surface area contributed by atoms with Crippen LogP contribution in [0.5, 0.6) is 11.5 Å². The summed E-state index contributed by atoms with van der Waals surface area (Å²) in [6, 6.07) is 17.1. The lowest BCUT2D eigenvalue weighted by Crippen LogP contribution is -2.19. The van der Waals surface area contributed by atoms with Gasteiger partial charge >= 0.3 is 0 Å². The van der Waals surface area contributed by atoms with Gasteiger partial charge in [-0.05, 0) is 73.0 Å². The quantitative estimate of drug-likeness (QED) is 0.0912. The monoisotopic (exact) mass is 539 g/mol. The molecule has 0 saturated heterocycles. The van der Waals surface area contributed by atoms with E-state index in [-0.39, 0.29) is 24.0 Å². The van der Waals surface area contributed by atoms with Gasteiger partial charge in [-0.15, -0.1) is 18.3 Å². The number of hydrogen-bond donors (Lipinski definition) is 1. The number of nitro groups is 1. The molecule has 192 valence electrons. The van der Waals surface area contributed by atoms with Crippen molar-refractivity contribution in [2.45, 2.75) is 24.8 Å². The number of carbonyl (C=O) groups is 1. The minimum atomic E-state index is -0.443. The fraction of sp³-hybridized carbons (Fsp3) is 0.185. The molecule has 3 aromatic carbocycles. The van der Waals surface area contributed by atoms with Gasteiger partial charge in [0.1, 0.15) is 6.61 Å². The summed E-state index contributed by atoms with van der Waals surface area (Å²) in [5.41, 5.74) is 4.88. The maximum atomic E-state index is 12.2. The van der Waals surface area contributed by atoms with Crippen LogP contribution in [-0.2, 0) is 17.8 Å². The summed E-state index contributed by atoms with van der Waals surface area (Å²) in [6.45, 7) is 6.31.